The topological polar surface area (TPSA) is 35.5 Å². The van der Waals surface area contributed by atoms with Gasteiger partial charge in [-0.15, -0.1) is 0 Å². The number of hydrogen-bond acceptors (Lipinski definition) is 3. The van der Waals surface area contributed by atoms with Crippen molar-refractivity contribution in [2.45, 2.75) is 46.0 Å². The zero-order valence-corrected chi connectivity index (χ0v) is 15.2. The van der Waals surface area contributed by atoms with E-state index in [9.17, 15) is 4.79 Å². The standard InChI is InChI=1S/C22H28O3/c1-18(13-19(2)23)14-22(25-16-21-11-7-4-8-12-21)17-24-15-20-9-5-3-6-10-20/h3-12,18,22H,13-17H2,1-2H3/t18-,22-/m0/s1. The highest BCUT2D eigenvalue weighted by molar-refractivity contribution is 5.75. The lowest BCUT2D eigenvalue weighted by molar-refractivity contribution is -0.118. The van der Waals surface area contributed by atoms with E-state index in [4.69, 9.17) is 9.47 Å². The Hall–Kier alpha value is -1.97. The highest BCUT2D eigenvalue weighted by Crippen LogP contribution is 2.16. The number of hydrogen-bond donors (Lipinski definition) is 0. The maximum Gasteiger partial charge on any atom is 0.130 e. The van der Waals surface area contributed by atoms with E-state index >= 15 is 0 Å². The highest BCUT2D eigenvalue weighted by Gasteiger charge is 2.16. The normalized spacial score (nSPS) is 13.4. The number of carbonyl (C=O) groups is 1. The van der Waals surface area contributed by atoms with E-state index in [1.807, 2.05) is 36.4 Å². The van der Waals surface area contributed by atoms with Gasteiger partial charge in [0.05, 0.1) is 25.9 Å². The fraction of sp³-hybridized carbons (Fsp3) is 0.409. The molecule has 2 aromatic rings. The maximum atomic E-state index is 11.3. The number of ketones is 1. The molecule has 0 heterocycles. The van der Waals surface area contributed by atoms with Gasteiger partial charge in [-0.1, -0.05) is 67.6 Å². The molecule has 0 aliphatic carbocycles. The number of Topliss-reactive ketones (excluding diaryl/α,β-unsaturated/α-hetero) is 1. The van der Waals surface area contributed by atoms with E-state index in [1.165, 1.54) is 0 Å². The summed E-state index contributed by atoms with van der Waals surface area (Å²) in [7, 11) is 0. The Balaban J connectivity index is 1.85. The summed E-state index contributed by atoms with van der Waals surface area (Å²) in [5, 5.41) is 0. The molecule has 25 heavy (non-hydrogen) atoms. The third-order valence-corrected chi connectivity index (χ3v) is 4.05. The molecule has 134 valence electrons. The molecule has 0 radical (unpaired) electrons. The van der Waals surface area contributed by atoms with Crippen LogP contribution in [0.3, 0.4) is 0 Å². The van der Waals surface area contributed by atoms with Crippen molar-refractivity contribution < 1.29 is 14.3 Å². The zero-order chi connectivity index (χ0) is 17.9. The van der Waals surface area contributed by atoms with Gasteiger partial charge >= 0.3 is 0 Å². The van der Waals surface area contributed by atoms with Crippen LogP contribution in [0.4, 0.5) is 0 Å². The van der Waals surface area contributed by atoms with Crippen molar-refractivity contribution in [1.82, 2.24) is 0 Å². The first-order chi connectivity index (χ1) is 12.1. The van der Waals surface area contributed by atoms with E-state index in [-0.39, 0.29) is 11.9 Å². The Morgan fingerprint density at radius 2 is 1.48 bits per heavy atom. The Morgan fingerprint density at radius 3 is 2.04 bits per heavy atom. The largest absolute Gasteiger partial charge is 0.374 e. The molecule has 0 saturated carbocycles. The Labute approximate surface area is 151 Å². The minimum atomic E-state index is -0.0155. The SMILES string of the molecule is CC(=O)C[C@H](C)C[C@@H](COCc1ccccc1)OCc1ccccc1. The fourth-order valence-corrected chi connectivity index (χ4v) is 2.88. The average molecular weight is 340 g/mol. The van der Waals surface area contributed by atoms with E-state index in [0.29, 0.717) is 32.2 Å². The first-order valence-corrected chi connectivity index (χ1v) is 8.90. The van der Waals surface area contributed by atoms with Crippen LogP contribution >= 0.6 is 0 Å². The van der Waals surface area contributed by atoms with Crippen molar-refractivity contribution in [2.75, 3.05) is 6.61 Å². The van der Waals surface area contributed by atoms with Crippen molar-refractivity contribution in [3.05, 3.63) is 71.8 Å². The quantitative estimate of drug-likeness (QED) is 0.590. The first kappa shape index (κ1) is 19.4. The van der Waals surface area contributed by atoms with E-state index in [0.717, 1.165) is 17.5 Å². The second kappa shape index (κ2) is 10.8. The Morgan fingerprint density at radius 1 is 0.920 bits per heavy atom. The predicted octanol–water partition coefficient (Wildman–Crippen LogP) is 4.79. The molecule has 0 spiro atoms. The van der Waals surface area contributed by atoms with Crippen LogP contribution in [0, 0.1) is 5.92 Å². The summed E-state index contributed by atoms with van der Waals surface area (Å²) in [4.78, 5) is 11.3. The molecule has 2 rings (SSSR count). The molecule has 3 nitrogen and oxygen atoms in total. The van der Waals surface area contributed by atoms with Crippen molar-refractivity contribution in [2.24, 2.45) is 5.92 Å². The lowest BCUT2D eigenvalue weighted by atomic mass is 9.98. The summed E-state index contributed by atoms with van der Waals surface area (Å²) in [6.45, 7) is 5.41. The smallest absolute Gasteiger partial charge is 0.130 e. The number of benzene rings is 2. The molecular formula is C22H28O3. The molecule has 0 amide bonds. The van der Waals surface area contributed by atoms with Crippen molar-refractivity contribution in [1.29, 1.82) is 0 Å². The molecule has 2 aromatic carbocycles. The van der Waals surface area contributed by atoms with Crippen LogP contribution in [-0.2, 0) is 27.5 Å². The van der Waals surface area contributed by atoms with Gasteiger partial charge in [-0.3, -0.25) is 0 Å². The molecule has 0 aliphatic heterocycles. The minimum absolute atomic E-state index is 0.0155. The van der Waals surface area contributed by atoms with Crippen molar-refractivity contribution in [3.8, 4) is 0 Å². The monoisotopic (exact) mass is 340 g/mol. The molecule has 0 fully saturated rings. The van der Waals surface area contributed by atoms with Crippen LogP contribution in [0.25, 0.3) is 0 Å². The van der Waals surface area contributed by atoms with Gasteiger partial charge in [-0.2, -0.15) is 0 Å². The predicted molar refractivity (Wildman–Crippen MR) is 100 cm³/mol. The van der Waals surface area contributed by atoms with Gasteiger partial charge in [0.2, 0.25) is 0 Å². The molecular weight excluding hydrogens is 312 g/mol. The Bertz CT molecular complexity index is 610. The number of carbonyl (C=O) groups excluding carboxylic acids is 1. The maximum absolute atomic E-state index is 11.3. The minimum Gasteiger partial charge on any atom is -0.374 e. The van der Waals surface area contributed by atoms with E-state index in [2.05, 4.69) is 31.2 Å². The Kier molecular flexibility index (Phi) is 8.36. The third kappa shape index (κ3) is 8.10. The molecule has 0 N–H and O–H groups in total. The van der Waals surface area contributed by atoms with E-state index < -0.39 is 0 Å². The molecule has 3 heteroatoms. The second-order valence-electron chi connectivity index (χ2n) is 6.67. The zero-order valence-electron chi connectivity index (χ0n) is 15.2. The van der Waals surface area contributed by atoms with E-state index in [1.54, 1.807) is 6.92 Å². The molecule has 0 bridgehead atoms. The van der Waals surface area contributed by atoms with Gasteiger partial charge in [0.25, 0.3) is 0 Å². The number of rotatable bonds is 11. The van der Waals surface area contributed by atoms with Gasteiger partial charge < -0.3 is 14.3 Å². The highest BCUT2D eigenvalue weighted by atomic mass is 16.5. The molecule has 0 aromatic heterocycles. The summed E-state index contributed by atoms with van der Waals surface area (Å²) >= 11 is 0. The summed E-state index contributed by atoms with van der Waals surface area (Å²) in [5.74, 6) is 0.512. The molecule has 0 saturated heterocycles. The lowest BCUT2D eigenvalue weighted by Crippen LogP contribution is -2.23. The van der Waals surface area contributed by atoms with Gasteiger partial charge in [-0.25, -0.2) is 0 Å². The number of ether oxygens (including phenoxy) is 2. The van der Waals surface area contributed by atoms with Crippen LogP contribution in [0.1, 0.15) is 37.8 Å². The van der Waals surface area contributed by atoms with Crippen LogP contribution < -0.4 is 0 Å². The lowest BCUT2D eigenvalue weighted by Gasteiger charge is -2.21. The first-order valence-electron chi connectivity index (χ1n) is 8.90. The fourth-order valence-electron chi connectivity index (χ4n) is 2.88. The summed E-state index contributed by atoms with van der Waals surface area (Å²) in [6, 6.07) is 20.3. The summed E-state index contributed by atoms with van der Waals surface area (Å²) < 4.78 is 11.9. The van der Waals surface area contributed by atoms with Gasteiger partial charge in [0.15, 0.2) is 0 Å². The van der Waals surface area contributed by atoms with Gasteiger partial charge in [-0.05, 0) is 30.4 Å². The van der Waals surface area contributed by atoms with Gasteiger partial charge in [0, 0.05) is 6.42 Å². The van der Waals surface area contributed by atoms with Crippen molar-refractivity contribution in [3.63, 3.8) is 0 Å². The van der Waals surface area contributed by atoms with Crippen LogP contribution in [-0.4, -0.2) is 18.5 Å². The van der Waals surface area contributed by atoms with Crippen LogP contribution in [0.5, 0.6) is 0 Å². The second-order valence-corrected chi connectivity index (χ2v) is 6.67. The molecule has 0 unspecified atom stereocenters. The molecule has 2 atom stereocenters. The summed E-state index contributed by atoms with van der Waals surface area (Å²) in [5.41, 5.74) is 2.30. The van der Waals surface area contributed by atoms with Gasteiger partial charge in [0.1, 0.15) is 5.78 Å². The van der Waals surface area contributed by atoms with Crippen molar-refractivity contribution >= 4 is 5.78 Å². The average Bonchev–Trinajstić information content (AvgIpc) is 2.60. The van der Waals surface area contributed by atoms with Crippen LogP contribution in [0.2, 0.25) is 0 Å². The molecule has 0 aliphatic rings. The summed E-state index contributed by atoms with van der Waals surface area (Å²) in [6.07, 6.45) is 1.39. The third-order valence-electron chi connectivity index (χ3n) is 4.05. The van der Waals surface area contributed by atoms with Crippen LogP contribution in [0.15, 0.2) is 60.7 Å².